The van der Waals surface area contributed by atoms with Crippen LogP contribution in [0.4, 0.5) is 17.2 Å². The lowest BCUT2D eigenvalue weighted by atomic mass is 10.1. The van der Waals surface area contributed by atoms with Crippen molar-refractivity contribution in [2.75, 3.05) is 11.1 Å². The molecule has 26 heavy (non-hydrogen) atoms. The zero-order chi connectivity index (χ0) is 18.4. The maximum atomic E-state index is 12.3. The van der Waals surface area contributed by atoms with Crippen LogP contribution in [0.25, 0.3) is 6.08 Å². The van der Waals surface area contributed by atoms with Crippen LogP contribution in [0.3, 0.4) is 0 Å². The first-order valence-corrected chi connectivity index (χ1v) is 8.15. The van der Waals surface area contributed by atoms with E-state index in [9.17, 15) is 4.79 Å². The summed E-state index contributed by atoms with van der Waals surface area (Å²) in [5, 5.41) is 12.3. The van der Waals surface area contributed by atoms with Gasteiger partial charge in [0.1, 0.15) is 5.82 Å². The zero-order valence-corrected chi connectivity index (χ0v) is 14.1. The molecule has 0 saturated carbocycles. The molecular weight excluding hydrogens is 326 g/mol. The smallest absolute Gasteiger partial charge is 0.185 e. The fraction of sp³-hybridized carbons (Fsp3) is 0.0476. The van der Waals surface area contributed by atoms with Gasteiger partial charge >= 0.3 is 0 Å². The highest BCUT2D eigenvalue weighted by atomic mass is 16.3. The molecule has 0 aliphatic rings. The van der Waals surface area contributed by atoms with Crippen LogP contribution >= 0.6 is 0 Å². The highest BCUT2D eigenvalue weighted by Crippen LogP contribution is 2.20. The normalized spacial score (nSPS) is 10.8. The molecular formula is C21H19N3O2. The molecule has 0 saturated heterocycles. The Kier molecular flexibility index (Phi) is 5.41. The van der Waals surface area contributed by atoms with Gasteiger partial charge in [0, 0.05) is 28.7 Å². The molecule has 0 unspecified atom stereocenters. The maximum absolute atomic E-state index is 12.3. The number of nitrogens with one attached hydrogen (secondary N) is 1. The monoisotopic (exact) mass is 345 g/mol. The van der Waals surface area contributed by atoms with Gasteiger partial charge in [-0.1, -0.05) is 12.1 Å². The van der Waals surface area contributed by atoms with E-state index in [4.69, 9.17) is 10.8 Å². The van der Waals surface area contributed by atoms with Crippen molar-refractivity contribution in [3.8, 4) is 0 Å². The summed E-state index contributed by atoms with van der Waals surface area (Å²) in [6, 6.07) is 17.9. The second kappa shape index (κ2) is 8.09. The quantitative estimate of drug-likeness (QED) is 0.359. The molecule has 0 spiro atoms. The minimum Gasteiger partial charge on any atom is -0.399 e. The third kappa shape index (κ3) is 4.34. The number of nitrogen functional groups attached to an aromatic ring is 1. The Morgan fingerprint density at radius 2 is 1.81 bits per heavy atom. The highest BCUT2D eigenvalue weighted by Gasteiger charge is 2.04. The number of hydrogen-bond donors (Lipinski definition) is 3. The number of anilines is 3. The highest BCUT2D eigenvalue weighted by molar-refractivity contribution is 6.07. The van der Waals surface area contributed by atoms with E-state index in [1.165, 1.54) is 6.08 Å². The maximum Gasteiger partial charge on any atom is 0.185 e. The molecule has 0 amide bonds. The van der Waals surface area contributed by atoms with E-state index in [0.29, 0.717) is 17.1 Å². The Balaban J connectivity index is 1.77. The summed E-state index contributed by atoms with van der Waals surface area (Å²) in [6.07, 6.45) is 4.93. The number of nitrogens with two attached hydrogens (primary N) is 1. The standard InChI is InChI=1S/C21H19N3O2/c22-18-8-5-16(6-9-18)20(26)12-7-17-2-1-13-23-21(17)24-19-10-3-15(14-25)4-11-19/h1-13,25H,14,22H2,(H,23,24). The van der Waals surface area contributed by atoms with Crippen LogP contribution in [-0.4, -0.2) is 15.9 Å². The third-order valence-electron chi connectivity index (χ3n) is 3.85. The first-order valence-electron chi connectivity index (χ1n) is 8.15. The van der Waals surface area contributed by atoms with Crippen LogP contribution in [0, 0.1) is 0 Å². The first kappa shape index (κ1) is 17.4. The fourth-order valence-electron chi connectivity index (χ4n) is 2.40. The second-order valence-corrected chi connectivity index (χ2v) is 5.74. The molecule has 1 heterocycles. The molecule has 5 heteroatoms. The summed E-state index contributed by atoms with van der Waals surface area (Å²) in [6.45, 7) is 0.00506. The van der Waals surface area contributed by atoms with Crippen LogP contribution in [0.15, 0.2) is 72.9 Å². The molecule has 0 aliphatic carbocycles. The lowest BCUT2D eigenvalue weighted by Crippen LogP contribution is -1.98. The van der Waals surface area contributed by atoms with Gasteiger partial charge in [-0.25, -0.2) is 4.98 Å². The molecule has 3 aromatic rings. The minimum atomic E-state index is -0.105. The van der Waals surface area contributed by atoms with Gasteiger partial charge in [-0.2, -0.15) is 0 Å². The van der Waals surface area contributed by atoms with E-state index < -0.39 is 0 Å². The predicted octanol–water partition coefficient (Wildman–Crippen LogP) is 3.80. The van der Waals surface area contributed by atoms with E-state index in [-0.39, 0.29) is 12.4 Å². The van der Waals surface area contributed by atoms with Gasteiger partial charge < -0.3 is 16.2 Å². The number of aromatic nitrogens is 1. The summed E-state index contributed by atoms with van der Waals surface area (Å²) in [5.74, 6) is 0.540. The summed E-state index contributed by atoms with van der Waals surface area (Å²) >= 11 is 0. The molecule has 0 aliphatic heterocycles. The van der Waals surface area contributed by atoms with Gasteiger partial charge in [0.25, 0.3) is 0 Å². The Morgan fingerprint density at radius 1 is 1.08 bits per heavy atom. The lowest BCUT2D eigenvalue weighted by Gasteiger charge is -2.09. The van der Waals surface area contributed by atoms with Gasteiger partial charge in [-0.05, 0) is 66.2 Å². The number of hydrogen-bond acceptors (Lipinski definition) is 5. The van der Waals surface area contributed by atoms with Crippen molar-refractivity contribution in [1.82, 2.24) is 4.98 Å². The molecule has 0 radical (unpaired) electrons. The zero-order valence-electron chi connectivity index (χ0n) is 14.1. The SMILES string of the molecule is Nc1ccc(C(=O)C=Cc2cccnc2Nc2ccc(CO)cc2)cc1. The third-order valence-corrected chi connectivity index (χ3v) is 3.85. The van der Waals surface area contributed by atoms with Crippen molar-refractivity contribution >= 4 is 29.1 Å². The number of carbonyl (C=O) groups excluding carboxylic acids is 1. The topological polar surface area (TPSA) is 88.2 Å². The van der Waals surface area contributed by atoms with E-state index >= 15 is 0 Å². The molecule has 3 rings (SSSR count). The van der Waals surface area contributed by atoms with E-state index in [1.807, 2.05) is 36.4 Å². The number of carbonyl (C=O) groups is 1. The van der Waals surface area contributed by atoms with Crippen molar-refractivity contribution in [1.29, 1.82) is 0 Å². The molecule has 4 N–H and O–H groups in total. The minimum absolute atomic E-state index is 0.00506. The number of aliphatic hydroxyl groups excluding tert-OH is 1. The number of pyridine rings is 1. The second-order valence-electron chi connectivity index (χ2n) is 5.74. The van der Waals surface area contributed by atoms with Gasteiger partial charge in [0.05, 0.1) is 6.61 Å². The summed E-state index contributed by atoms with van der Waals surface area (Å²) in [7, 11) is 0. The summed E-state index contributed by atoms with van der Waals surface area (Å²) in [4.78, 5) is 16.6. The van der Waals surface area contributed by atoms with E-state index in [2.05, 4.69) is 10.3 Å². The van der Waals surface area contributed by atoms with Crippen LogP contribution < -0.4 is 11.1 Å². The average Bonchev–Trinajstić information content (AvgIpc) is 2.68. The van der Waals surface area contributed by atoms with Crippen LogP contribution in [0.5, 0.6) is 0 Å². The predicted molar refractivity (Wildman–Crippen MR) is 104 cm³/mol. The van der Waals surface area contributed by atoms with Gasteiger partial charge in [0.15, 0.2) is 5.78 Å². The van der Waals surface area contributed by atoms with Crippen molar-refractivity contribution in [2.45, 2.75) is 6.61 Å². The van der Waals surface area contributed by atoms with Crippen LogP contribution in [0.2, 0.25) is 0 Å². The number of rotatable bonds is 6. The molecule has 0 fully saturated rings. The van der Waals surface area contributed by atoms with Crippen molar-refractivity contribution in [3.05, 3.63) is 89.6 Å². The Labute approximate surface area is 151 Å². The molecule has 0 bridgehead atoms. The van der Waals surface area contributed by atoms with Crippen molar-refractivity contribution < 1.29 is 9.90 Å². The Morgan fingerprint density at radius 3 is 2.50 bits per heavy atom. The molecule has 0 atom stereocenters. The lowest BCUT2D eigenvalue weighted by molar-refractivity contribution is 0.104. The van der Waals surface area contributed by atoms with E-state index in [0.717, 1.165) is 16.8 Å². The summed E-state index contributed by atoms with van der Waals surface area (Å²) < 4.78 is 0. The van der Waals surface area contributed by atoms with Gasteiger partial charge in [-0.3, -0.25) is 4.79 Å². The average molecular weight is 345 g/mol. The number of benzene rings is 2. The van der Waals surface area contributed by atoms with Crippen molar-refractivity contribution in [3.63, 3.8) is 0 Å². The van der Waals surface area contributed by atoms with E-state index in [1.54, 1.807) is 36.5 Å². The van der Waals surface area contributed by atoms with Crippen LogP contribution in [0.1, 0.15) is 21.5 Å². The first-order chi connectivity index (χ1) is 12.7. The fourth-order valence-corrected chi connectivity index (χ4v) is 2.40. The number of aliphatic hydroxyl groups is 1. The Hall–Kier alpha value is -3.44. The Bertz CT molecular complexity index is 917. The largest absolute Gasteiger partial charge is 0.399 e. The number of allylic oxidation sites excluding steroid dienone is 1. The molecule has 130 valence electrons. The molecule has 1 aromatic heterocycles. The van der Waals surface area contributed by atoms with Crippen LogP contribution in [-0.2, 0) is 6.61 Å². The molecule has 2 aromatic carbocycles. The van der Waals surface area contributed by atoms with Crippen molar-refractivity contribution in [2.24, 2.45) is 0 Å². The molecule has 5 nitrogen and oxygen atoms in total. The van der Waals surface area contributed by atoms with Gasteiger partial charge in [-0.15, -0.1) is 0 Å². The summed E-state index contributed by atoms with van der Waals surface area (Å²) in [5.41, 5.74) is 9.32. The number of nitrogens with zero attached hydrogens (tertiary/aromatic N) is 1. The number of ketones is 1. The van der Waals surface area contributed by atoms with Gasteiger partial charge in [0.2, 0.25) is 0 Å².